The quantitative estimate of drug-likeness (QED) is 0.601. The summed E-state index contributed by atoms with van der Waals surface area (Å²) < 4.78 is 24.3. The minimum Gasteiger partial charge on any atom is -0.484 e. The Labute approximate surface area is 199 Å². The third-order valence-electron chi connectivity index (χ3n) is 6.38. The van der Waals surface area contributed by atoms with E-state index in [-0.39, 0.29) is 5.92 Å². The van der Waals surface area contributed by atoms with Crippen molar-refractivity contribution in [3.63, 3.8) is 0 Å². The molecule has 0 bridgehead atoms. The summed E-state index contributed by atoms with van der Waals surface area (Å²) in [4.78, 5) is 11.8. The highest BCUT2D eigenvalue weighted by atomic mass is 16.7. The number of ether oxygens (including phenoxy) is 2. The molecule has 1 amide bonds. The molecule has 2 N–H and O–H groups in total. The number of hydrogen-bond acceptors (Lipinski definition) is 6. The Morgan fingerprint density at radius 1 is 1.15 bits per heavy atom. The molecule has 182 valence electrons. The molecule has 1 fully saturated rings. The highest BCUT2D eigenvalue weighted by Crippen LogP contribution is 2.40. The van der Waals surface area contributed by atoms with Crippen molar-refractivity contribution in [2.75, 3.05) is 0 Å². The second kappa shape index (κ2) is 9.19. The van der Waals surface area contributed by atoms with Gasteiger partial charge in [0.1, 0.15) is 23.5 Å². The molecule has 2 rings (SSSR count). The zero-order valence-corrected chi connectivity index (χ0v) is 21.7. The lowest BCUT2D eigenvalue weighted by molar-refractivity contribution is -0.107. The van der Waals surface area contributed by atoms with E-state index in [0.717, 1.165) is 5.46 Å². The number of nitrogens with zero attached hydrogens (tertiary/aromatic N) is 1. The van der Waals surface area contributed by atoms with Crippen LogP contribution in [-0.4, -0.2) is 36.1 Å². The van der Waals surface area contributed by atoms with E-state index in [1.165, 1.54) is 0 Å². The van der Waals surface area contributed by atoms with E-state index < -0.39 is 41.5 Å². The molecular formula is C25H39BN2O5. The number of hydrogen-bond donors (Lipinski definition) is 1. The van der Waals surface area contributed by atoms with Crippen LogP contribution in [0.15, 0.2) is 18.2 Å². The predicted octanol–water partition coefficient (Wildman–Crippen LogP) is 4.55. The molecule has 1 aliphatic rings. The van der Waals surface area contributed by atoms with Crippen molar-refractivity contribution >= 4 is 18.7 Å². The van der Waals surface area contributed by atoms with E-state index >= 15 is 0 Å². The summed E-state index contributed by atoms with van der Waals surface area (Å²) >= 11 is 0. The molecule has 0 saturated carbocycles. The first-order valence-corrected chi connectivity index (χ1v) is 11.5. The molecule has 1 aliphatic heterocycles. The Morgan fingerprint density at radius 2 is 1.70 bits per heavy atom. The molecule has 8 heteroatoms. The highest BCUT2D eigenvalue weighted by molar-refractivity contribution is 6.62. The molecule has 33 heavy (non-hydrogen) atoms. The topological polar surface area (TPSA) is 104 Å². The lowest BCUT2D eigenvalue weighted by atomic mass is 9.75. The Bertz CT molecular complexity index is 900. The summed E-state index contributed by atoms with van der Waals surface area (Å²) in [7, 11) is -0.584. The molecule has 1 heterocycles. The van der Waals surface area contributed by atoms with E-state index in [1.807, 2.05) is 75.3 Å². The standard InChI is InChI=1S/C25H39BN2O5/c1-16(2)14-25(10,31-21(28)29)20(22(3,4)5)30-19-12-11-18(13-17(19)15-27)26-32-23(6,7)24(8,9)33-26/h11-13,16,20H,14H2,1-10H3,(H2,28,29). The summed E-state index contributed by atoms with van der Waals surface area (Å²) in [5, 5.41) is 9.88. The summed E-state index contributed by atoms with van der Waals surface area (Å²) in [6, 6.07) is 7.54. The van der Waals surface area contributed by atoms with Crippen LogP contribution in [0, 0.1) is 22.7 Å². The number of carbonyl (C=O) groups is 1. The van der Waals surface area contributed by atoms with Gasteiger partial charge in [0, 0.05) is 5.41 Å². The number of benzene rings is 1. The molecule has 1 aromatic carbocycles. The first-order chi connectivity index (χ1) is 14.9. The van der Waals surface area contributed by atoms with Gasteiger partial charge < -0.3 is 24.5 Å². The fraction of sp³-hybridized carbons (Fsp3) is 0.680. The molecule has 7 nitrogen and oxygen atoms in total. The SMILES string of the molecule is CC(C)CC(C)(OC(N)=O)C(Oc1ccc(B2OC(C)(C)C(C)(C)O2)cc1C#N)C(C)(C)C. The van der Waals surface area contributed by atoms with Crippen LogP contribution in [0.2, 0.25) is 0 Å². The van der Waals surface area contributed by atoms with Crippen LogP contribution in [0.5, 0.6) is 5.75 Å². The Hall–Kier alpha value is -2.24. The van der Waals surface area contributed by atoms with Gasteiger partial charge in [-0.15, -0.1) is 0 Å². The molecule has 0 aromatic heterocycles. The van der Waals surface area contributed by atoms with Crippen molar-refractivity contribution in [3.05, 3.63) is 23.8 Å². The summed E-state index contributed by atoms with van der Waals surface area (Å²) in [5.74, 6) is 0.629. The fourth-order valence-electron chi connectivity index (χ4n) is 4.45. The fourth-order valence-corrected chi connectivity index (χ4v) is 4.45. The third-order valence-corrected chi connectivity index (χ3v) is 6.38. The van der Waals surface area contributed by atoms with Gasteiger partial charge in [-0.2, -0.15) is 5.26 Å². The van der Waals surface area contributed by atoms with Gasteiger partial charge in [0.25, 0.3) is 0 Å². The summed E-state index contributed by atoms with van der Waals surface area (Å²) in [6.45, 7) is 19.9. The molecule has 2 atom stereocenters. The zero-order valence-electron chi connectivity index (χ0n) is 21.7. The third kappa shape index (κ3) is 6.01. The van der Waals surface area contributed by atoms with Crippen molar-refractivity contribution in [3.8, 4) is 11.8 Å². The average Bonchev–Trinajstić information content (AvgIpc) is 2.84. The number of rotatable bonds is 7. The smallest absolute Gasteiger partial charge is 0.484 e. The highest BCUT2D eigenvalue weighted by Gasteiger charge is 2.52. The molecular weight excluding hydrogens is 419 g/mol. The maximum atomic E-state index is 11.8. The molecule has 1 saturated heterocycles. The minimum absolute atomic E-state index is 0.226. The first-order valence-electron chi connectivity index (χ1n) is 11.5. The van der Waals surface area contributed by atoms with Gasteiger partial charge in [-0.1, -0.05) is 40.7 Å². The first kappa shape index (κ1) is 27.0. The minimum atomic E-state index is -0.991. The Kier molecular flexibility index (Phi) is 7.52. The van der Waals surface area contributed by atoms with E-state index in [4.69, 9.17) is 24.5 Å². The van der Waals surface area contributed by atoms with Crippen molar-refractivity contribution in [1.29, 1.82) is 5.26 Å². The number of primary amides is 1. The van der Waals surface area contributed by atoms with Crippen LogP contribution in [0.4, 0.5) is 4.79 Å². The number of amides is 1. The summed E-state index contributed by atoms with van der Waals surface area (Å²) in [6.07, 6.45) is -0.867. The molecule has 1 aromatic rings. The largest absolute Gasteiger partial charge is 0.494 e. The second-order valence-corrected chi connectivity index (χ2v) is 11.7. The molecule has 0 aliphatic carbocycles. The number of nitrogens with two attached hydrogens (primary N) is 1. The van der Waals surface area contributed by atoms with Gasteiger partial charge in [-0.05, 0) is 64.6 Å². The second-order valence-electron chi connectivity index (χ2n) is 11.7. The molecule has 0 radical (unpaired) electrons. The van der Waals surface area contributed by atoms with Crippen LogP contribution in [0.3, 0.4) is 0 Å². The normalized spacial score (nSPS) is 20.1. The zero-order chi connectivity index (χ0) is 25.4. The van der Waals surface area contributed by atoms with Crippen LogP contribution in [0.1, 0.15) is 81.2 Å². The van der Waals surface area contributed by atoms with Gasteiger partial charge in [0.2, 0.25) is 0 Å². The number of carbonyl (C=O) groups excluding carboxylic acids is 1. The van der Waals surface area contributed by atoms with Gasteiger partial charge in [-0.25, -0.2) is 4.79 Å². The van der Waals surface area contributed by atoms with Crippen molar-refractivity contribution in [1.82, 2.24) is 0 Å². The monoisotopic (exact) mass is 458 g/mol. The van der Waals surface area contributed by atoms with Gasteiger partial charge >= 0.3 is 13.2 Å². The van der Waals surface area contributed by atoms with Gasteiger partial charge in [0.15, 0.2) is 0 Å². The van der Waals surface area contributed by atoms with Crippen molar-refractivity contribution in [2.45, 2.75) is 98.6 Å². The van der Waals surface area contributed by atoms with Crippen LogP contribution in [0.25, 0.3) is 0 Å². The van der Waals surface area contributed by atoms with E-state index in [1.54, 1.807) is 12.1 Å². The Balaban J connectivity index is 2.44. The maximum Gasteiger partial charge on any atom is 0.494 e. The van der Waals surface area contributed by atoms with Crippen molar-refractivity contribution < 1.29 is 23.6 Å². The van der Waals surface area contributed by atoms with Gasteiger partial charge in [-0.3, -0.25) is 0 Å². The summed E-state index contributed by atoms with van der Waals surface area (Å²) in [5.41, 5.74) is 4.13. The molecule has 0 spiro atoms. The lowest BCUT2D eigenvalue weighted by Gasteiger charge is -2.44. The van der Waals surface area contributed by atoms with Crippen LogP contribution >= 0.6 is 0 Å². The van der Waals surface area contributed by atoms with E-state index in [9.17, 15) is 10.1 Å². The molecule has 2 unspecified atom stereocenters. The van der Waals surface area contributed by atoms with Gasteiger partial charge in [0.05, 0.1) is 16.8 Å². The van der Waals surface area contributed by atoms with Crippen LogP contribution in [-0.2, 0) is 14.0 Å². The number of nitriles is 1. The average molecular weight is 458 g/mol. The maximum absolute atomic E-state index is 11.8. The van der Waals surface area contributed by atoms with Crippen molar-refractivity contribution in [2.24, 2.45) is 17.1 Å². The van der Waals surface area contributed by atoms with Crippen LogP contribution < -0.4 is 15.9 Å². The Morgan fingerprint density at radius 3 is 2.12 bits per heavy atom. The van der Waals surface area contributed by atoms with E-state index in [0.29, 0.717) is 17.7 Å². The lowest BCUT2D eigenvalue weighted by Crippen LogP contribution is -2.55. The predicted molar refractivity (Wildman–Crippen MR) is 129 cm³/mol. The van der Waals surface area contributed by atoms with E-state index in [2.05, 4.69) is 6.07 Å².